The Hall–Kier alpha value is -0.940. The van der Waals surface area contributed by atoms with Crippen molar-refractivity contribution in [2.24, 2.45) is 0 Å². The maximum absolute atomic E-state index is 11.3. The van der Waals surface area contributed by atoms with Crippen LogP contribution in [-0.2, 0) is 4.79 Å². The van der Waals surface area contributed by atoms with Crippen LogP contribution in [0.4, 0.5) is 5.13 Å². The Morgan fingerprint density at radius 3 is 3.00 bits per heavy atom. The lowest BCUT2D eigenvalue weighted by molar-refractivity contribution is -0.117. The third-order valence-corrected chi connectivity index (χ3v) is 2.92. The molecule has 0 saturated carbocycles. The second-order valence-corrected chi connectivity index (χ2v) is 3.97. The number of hydrogen-bond donors (Lipinski definition) is 1. The number of aliphatic hydroxyl groups excluding tert-OH is 1. The first-order valence-corrected chi connectivity index (χ1v) is 4.95. The molecule has 1 saturated heterocycles. The van der Waals surface area contributed by atoms with Crippen molar-refractivity contribution in [2.45, 2.75) is 19.4 Å². The summed E-state index contributed by atoms with van der Waals surface area (Å²) in [6.45, 7) is 2.27. The van der Waals surface area contributed by atoms with Crippen LogP contribution in [0.5, 0.6) is 0 Å². The summed E-state index contributed by atoms with van der Waals surface area (Å²) >= 11 is 1.44. The van der Waals surface area contributed by atoms with Crippen molar-refractivity contribution in [1.29, 1.82) is 0 Å². The van der Waals surface area contributed by atoms with Crippen LogP contribution in [0.25, 0.3) is 0 Å². The zero-order valence-corrected chi connectivity index (χ0v) is 8.04. The average molecular weight is 198 g/mol. The molecular formula is C8H10N2O2S. The van der Waals surface area contributed by atoms with Gasteiger partial charge in [-0.1, -0.05) is 0 Å². The van der Waals surface area contributed by atoms with Gasteiger partial charge < -0.3 is 5.11 Å². The third-order valence-electron chi connectivity index (χ3n) is 1.94. The Morgan fingerprint density at radius 2 is 2.54 bits per heavy atom. The number of aromatic nitrogens is 1. The summed E-state index contributed by atoms with van der Waals surface area (Å²) in [6, 6.07) is 0. The molecule has 0 radical (unpaired) electrons. The summed E-state index contributed by atoms with van der Waals surface area (Å²) in [6.07, 6.45) is -0.310. The summed E-state index contributed by atoms with van der Waals surface area (Å²) < 4.78 is 0. The lowest BCUT2D eigenvalue weighted by atomic mass is 10.3. The van der Waals surface area contributed by atoms with E-state index in [2.05, 4.69) is 4.98 Å². The molecule has 0 aliphatic carbocycles. The fraction of sp³-hybridized carbons (Fsp3) is 0.500. The molecule has 0 bridgehead atoms. The standard InChI is InChI=1S/C8H10N2O2S/c1-5-4-13-8(9-5)10-3-6(11)2-7(10)12/h4,6,11H,2-3H2,1H3. The number of aliphatic hydroxyl groups is 1. The number of carbonyl (C=O) groups is 1. The largest absolute Gasteiger partial charge is 0.391 e. The molecule has 1 aliphatic rings. The Balaban J connectivity index is 2.22. The van der Waals surface area contributed by atoms with E-state index in [0.29, 0.717) is 11.7 Å². The molecule has 1 N–H and O–H groups in total. The number of β-amino-alcohol motifs (C(OH)–C–C–N with tert-alkyl or cyclic N) is 1. The minimum Gasteiger partial charge on any atom is -0.391 e. The van der Waals surface area contributed by atoms with Gasteiger partial charge in [0.15, 0.2) is 5.13 Å². The number of amides is 1. The van der Waals surface area contributed by atoms with Crippen LogP contribution in [0.15, 0.2) is 5.38 Å². The van der Waals surface area contributed by atoms with Gasteiger partial charge >= 0.3 is 0 Å². The number of thiazole rings is 1. The minimum absolute atomic E-state index is 0.0400. The molecule has 0 aromatic carbocycles. The van der Waals surface area contributed by atoms with Gasteiger partial charge in [-0.2, -0.15) is 0 Å². The summed E-state index contributed by atoms with van der Waals surface area (Å²) in [5.41, 5.74) is 0.911. The maximum atomic E-state index is 11.3. The number of hydrogen-bond acceptors (Lipinski definition) is 4. The van der Waals surface area contributed by atoms with Gasteiger partial charge in [0.2, 0.25) is 5.91 Å². The first-order valence-electron chi connectivity index (χ1n) is 4.07. The molecule has 1 aromatic rings. The van der Waals surface area contributed by atoms with Crippen LogP contribution in [0.2, 0.25) is 0 Å². The van der Waals surface area contributed by atoms with Crippen LogP contribution >= 0.6 is 11.3 Å². The fourth-order valence-electron chi connectivity index (χ4n) is 1.34. The van der Waals surface area contributed by atoms with Gasteiger partial charge in [0.25, 0.3) is 0 Å². The quantitative estimate of drug-likeness (QED) is 0.717. The molecule has 1 aromatic heterocycles. The number of rotatable bonds is 1. The predicted octanol–water partition coefficient (Wildman–Crippen LogP) is 0.549. The Kier molecular flexibility index (Phi) is 2.05. The second-order valence-electron chi connectivity index (χ2n) is 3.13. The van der Waals surface area contributed by atoms with Crippen LogP contribution in [-0.4, -0.2) is 28.6 Å². The highest BCUT2D eigenvalue weighted by molar-refractivity contribution is 7.14. The van der Waals surface area contributed by atoms with E-state index in [1.165, 1.54) is 11.3 Å². The SMILES string of the molecule is Cc1csc(N2CC(O)CC2=O)n1. The van der Waals surface area contributed by atoms with Gasteiger partial charge in [-0.25, -0.2) is 4.98 Å². The highest BCUT2D eigenvalue weighted by Gasteiger charge is 2.30. The highest BCUT2D eigenvalue weighted by atomic mass is 32.1. The topological polar surface area (TPSA) is 53.4 Å². The molecule has 1 atom stereocenters. The lowest BCUT2D eigenvalue weighted by Gasteiger charge is -2.10. The molecule has 0 spiro atoms. The monoisotopic (exact) mass is 198 g/mol. The van der Waals surface area contributed by atoms with E-state index >= 15 is 0 Å². The number of aryl methyl sites for hydroxylation is 1. The van der Waals surface area contributed by atoms with E-state index in [1.54, 1.807) is 4.90 Å². The van der Waals surface area contributed by atoms with E-state index < -0.39 is 6.10 Å². The van der Waals surface area contributed by atoms with Crippen molar-refractivity contribution in [2.75, 3.05) is 11.4 Å². The smallest absolute Gasteiger partial charge is 0.231 e. The van der Waals surface area contributed by atoms with Crippen LogP contribution in [0, 0.1) is 6.92 Å². The van der Waals surface area contributed by atoms with Crippen molar-refractivity contribution in [3.8, 4) is 0 Å². The normalized spacial score (nSPS) is 22.8. The second kappa shape index (κ2) is 3.08. The molecule has 4 nitrogen and oxygen atoms in total. The van der Waals surface area contributed by atoms with E-state index in [1.807, 2.05) is 12.3 Å². The Morgan fingerprint density at radius 1 is 1.77 bits per heavy atom. The van der Waals surface area contributed by atoms with Crippen LogP contribution in [0.3, 0.4) is 0 Å². The molecule has 1 unspecified atom stereocenters. The highest BCUT2D eigenvalue weighted by Crippen LogP contribution is 2.24. The molecule has 1 amide bonds. The van der Waals surface area contributed by atoms with E-state index in [4.69, 9.17) is 0 Å². The minimum atomic E-state index is -0.531. The molecule has 2 heterocycles. The third kappa shape index (κ3) is 1.57. The van der Waals surface area contributed by atoms with Crippen molar-refractivity contribution in [1.82, 2.24) is 4.98 Å². The van der Waals surface area contributed by atoms with Gasteiger partial charge in [-0.05, 0) is 6.92 Å². The number of anilines is 1. The Bertz CT molecular complexity index is 337. The van der Waals surface area contributed by atoms with Crippen molar-refractivity contribution < 1.29 is 9.90 Å². The molecular weight excluding hydrogens is 188 g/mol. The zero-order chi connectivity index (χ0) is 9.42. The van der Waals surface area contributed by atoms with Crippen LogP contribution < -0.4 is 4.90 Å². The Labute approximate surface area is 79.8 Å². The van der Waals surface area contributed by atoms with Crippen molar-refractivity contribution in [3.63, 3.8) is 0 Å². The molecule has 1 fully saturated rings. The van der Waals surface area contributed by atoms with Gasteiger partial charge in [0, 0.05) is 5.38 Å². The first kappa shape index (κ1) is 8.65. The average Bonchev–Trinajstić information content (AvgIpc) is 2.58. The van der Waals surface area contributed by atoms with Crippen molar-refractivity contribution >= 4 is 22.4 Å². The zero-order valence-electron chi connectivity index (χ0n) is 7.23. The first-order chi connectivity index (χ1) is 6.16. The number of nitrogens with zero attached hydrogens (tertiary/aromatic N) is 2. The molecule has 2 rings (SSSR count). The van der Waals surface area contributed by atoms with Crippen LogP contribution in [0.1, 0.15) is 12.1 Å². The molecule has 5 heteroatoms. The van der Waals surface area contributed by atoms with E-state index in [9.17, 15) is 9.90 Å². The summed E-state index contributed by atoms with van der Waals surface area (Å²) in [5.74, 6) is -0.0400. The lowest BCUT2D eigenvalue weighted by Crippen LogP contribution is -2.24. The van der Waals surface area contributed by atoms with E-state index in [-0.39, 0.29) is 12.3 Å². The van der Waals surface area contributed by atoms with E-state index in [0.717, 1.165) is 5.69 Å². The van der Waals surface area contributed by atoms with Gasteiger partial charge in [-0.3, -0.25) is 9.69 Å². The predicted molar refractivity (Wildman–Crippen MR) is 49.8 cm³/mol. The van der Waals surface area contributed by atoms with Crippen molar-refractivity contribution in [3.05, 3.63) is 11.1 Å². The number of carbonyl (C=O) groups excluding carboxylic acids is 1. The molecule has 13 heavy (non-hydrogen) atoms. The van der Waals surface area contributed by atoms with Gasteiger partial charge in [0.1, 0.15) is 0 Å². The van der Waals surface area contributed by atoms with Gasteiger partial charge in [-0.15, -0.1) is 11.3 Å². The van der Waals surface area contributed by atoms with Gasteiger partial charge in [0.05, 0.1) is 24.8 Å². The summed E-state index contributed by atoms with van der Waals surface area (Å²) in [5, 5.41) is 11.8. The molecule has 70 valence electrons. The summed E-state index contributed by atoms with van der Waals surface area (Å²) in [4.78, 5) is 17.1. The summed E-state index contributed by atoms with van der Waals surface area (Å²) in [7, 11) is 0. The fourth-order valence-corrected chi connectivity index (χ4v) is 2.17. The maximum Gasteiger partial charge on any atom is 0.231 e. The molecule has 1 aliphatic heterocycles.